The molecule has 3 rings (SSSR count). The van der Waals surface area contributed by atoms with Crippen molar-refractivity contribution in [2.24, 2.45) is 5.10 Å². The van der Waals surface area contributed by atoms with Crippen molar-refractivity contribution < 1.29 is 19.4 Å². The zero-order valence-electron chi connectivity index (χ0n) is 17.1. The fraction of sp³-hybridized carbons (Fsp3) is 0.0417. The van der Waals surface area contributed by atoms with Gasteiger partial charge >= 0.3 is 0 Å². The third kappa shape index (κ3) is 6.29. The van der Waals surface area contributed by atoms with Gasteiger partial charge in [-0.05, 0) is 59.7 Å². The number of aromatic hydroxyl groups is 1. The summed E-state index contributed by atoms with van der Waals surface area (Å²) in [6.07, 6.45) is 2.95. The van der Waals surface area contributed by atoms with Crippen molar-refractivity contribution >= 4 is 40.0 Å². The Morgan fingerprint density at radius 3 is 2.50 bits per heavy atom. The van der Waals surface area contributed by atoms with Crippen molar-refractivity contribution in [1.29, 1.82) is 0 Å². The molecule has 0 bridgehead atoms. The van der Waals surface area contributed by atoms with Crippen LogP contribution in [-0.2, 0) is 4.79 Å². The fourth-order valence-electron chi connectivity index (χ4n) is 2.71. The minimum Gasteiger partial charge on any atom is -0.504 e. The summed E-state index contributed by atoms with van der Waals surface area (Å²) in [5.41, 5.74) is 4.17. The van der Waals surface area contributed by atoms with Crippen molar-refractivity contribution in [3.8, 4) is 11.5 Å². The molecule has 0 aliphatic heterocycles. The quantitative estimate of drug-likeness (QED) is 0.262. The lowest BCUT2D eigenvalue weighted by Crippen LogP contribution is -2.32. The number of nitrogens with one attached hydrogen (secondary N) is 2. The maximum atomic E-state index is 12.8. The number of phenols is 1. The van der Waals surface area contributed by atoms with Crippen LogP contribution in [0, 0.1) is 0 Å². The first-order chi connectivity index (χ1) is 15.5. The van der Waals surface area contributed by atoms with Crippen LogP contribution >= 0.6 is 15.9 Å². The SMILES string of the molecule is COc1cc(/C=N/NC(=O)C(=Cc2cccc(Br)c2)NC(=O)c2ccccc2)ccc1O. The average molecular weight is 494 g/mol. The summed E-state index contributed by atoms with van der Waals surface area (Å²) in [6, 6.07) is 20.5. The van der Waals surface area contributed by atoms with Crippen LogP contribution < -0.4 is 15.5 Å². The standard InChI is InChI=1S/C24H20BrN3O4/c1-32-22-14-17(10-11-21(22)29)15-26-28-24(31)20(13-16-6-5-9-19(25)12-16)27-23(30)18-7-3-2-4-8-18/h2-15,29H,1H3,(H,27,30)(H,28,31)/b20-13?,26-15+. The molecule has 162 valence electrons. The molecule has 3 aromatic rings. The predicted molar refractivity (Wildman–Crippen MR) is 126 cm³/mol. The molecule has 7 nitrogen and oxygen atoms in total. The number of benzene rings is 3. The number of rotatable bonds is 7. The molecule has 0 unspecified atom stereocenters. The highest BCUT2D eigenvalue weighted by atomic mass is 79.9. The molecular formula is C24H20BrN3O4. The monoisotopic (exact) mass is 493 g/mol. The first-order valence-corrected chi connectivity index (χ1v) is 10.3. The summed E-state index contributed by atoms with van der Waals surface area (Å²) in [7, 11) is 1.44. The number of methoxy groups -OCH3 is 1. The number of hydrogen-bond donors (Lipinski definition) is 3. The third-order valence-electron chi connectivity index (χ3n) is 4.27. The van der Waals surface area contributed by atoms with E-state index in [0.29, 0.717) is 16.7 Å². The van der Waals surface area contributed by atoms with Gasteiger partial charge in [0.1, 0.15) is 5.70 Å². The van der Waals surface area contributed by atoms with Crippen LogP contribution in [0.3, 0.4) is 0 Å². The summed E-state index contributed by atoms with van der Waals surface area (Å²) in [5, 5.41) is 16.3. The first kappa shape index (κ1) is 22.8. The Bertz CT molecular complexity index is 1180. The van der Waals surface area contributed by atoms with E-state index in [4.69, 9.17) is 4.74 Å². The van der Waals surface area contributed by atoms with E-state index in [9.17, 15) is 14.7 Å². The molecule has 0 fully saturated rings. The van der Waals surface area contributed by atoms with Gasteiger partial charge in [-0.25, -0.2) is 5.43 Å². The number of hydrazone groups is 1. The van der Waals surface area contributed by atoms with Crippen molar-refractivity contribution in [2.75, 3.05) is 7.11 Å². The summed E-state index contributed by atoms with van der Waals surface area (Å²) >= 11 is 3.39. The Morgan fingerprint density at radius 1 is 1.00 bits per heavy atom. The number of halogens is 1. The fourth-order valence-corrected chi connectivity index (χ4v) is 3.12. The first-order valence-electron chi connectivity index (χ1n) is 9.50. The molecule has 3 N–H and O–H groups in total. The number of carbonyl (C=O) groups is 2. The molecule has 8 heteroatoms. The molecule has 0 radical (unpaired) electrons. The largest absolute Gasteiger partial charge is 0.504 e. The minimum absolute atomic E-state index is 0.00319. The molecule has 0 saturated heterocycles. The molecule has 0 atom stereocenters. The normalized spacial score (nSPS) is 11.2. The third-order valence-corrected chi connectivity index (χ3v) is 4.77. The van der Waals surface area contributed by atoms with Gasteiger partial charge in [-0.15, -0.1) is 0 Å². The molecule has 0 aliphatic rings. The van der Waals surface area contributed by atoms with E-state index in [1.54, 1.807) is 54.6 Å². The van der Waals surface area contributed by atoms with Crippen LogP contribution in [-0.4, -0.2) is 30.2 Å². The summed E-state index contributed by atoms with van der Waals surface area (Å²) in [6.45, 7) is 0. The lowest BCUT2D eigenvalue weighted by molar-refractivity contribution is -0.117. The smallest absolute Gasteiger partial charge is 0.287 e. The van der Waals surface area contributed by atoms with Gasteiger partial charge in [0.25, 0.3) is 11.8 Å². The summed E-state index contributed by atoms with van der Waals surface area (Å²) in [4.78, 5) is 25.4. The van der Waals surface area contributed by atoms with Gasteiger partial charge in [0, 0.05) is 10.0 Å². The molecular weight excluding hydrogens is 474 g/mol. The van der Waals surface area contributed by atoms with E-state index in [-0.39, 0.29) is 17.2 Å². The second-order valence-electron chi connectivity index (χ2n) is 6.56. The van der Waals surface area contributed by atoms with Crippen molar-refractivity contribution in [2.45, 2.75) is 0 Å². The maximum absolute atomic E-state index is 12.8. The molecule has 2 amide bonds. The van der Waals surface area contributed by atoms with Gasteiger partial charge < -0.3 is 15.2 Å². The molecule has 0 saturated carbocycles. The number of carbonyl (C=O) groups excluding carboxylic acids is 2. The molecule has 3 aromatic carbocycles. The van der Waals surface area contributed by atoms with E-state index >= 15 is 0 Å². The van der Waals surface area contributed by atoms with Crippen molar-refractivity contribution in [3.63, 3.8) is 0 Å². The predicted octanol–water partition coefficient (Wildman–Crippen LogP) is 4.08. The Hall–Kier alpha value is -3.91. The molecule has 0 aromatic heterocycles. The van der Waals surface area contributed by atoms with Crippen LogP contribution in [0.25, 0.3) is 6.08 Å². The van der Waals surface area contributed by atoms with E-state index in [1.807, 2.05) is 18.2 Å². The lowest BCUT2D eigenvalue weighted by atomic mass is 10.1. The average Bonchev–Trinajstić information content (AvgIpc) is 2.80. The van der Waals surface area contributed by atoms with E-state index in [2.05, 4.69) is 31.8 Å². The van der Waals surface area contributed by atoms with Crippen molar-refractivity contribution in [3.05, 3.63) is 99.7 Å². The molecule has 0 heterocycles. The van der Waals surface area contributed by atoms with Gasteiger partial charge in [0.2, 0.25) is 0 Å². The van der Waals surface area contributed by atoms with Gasteiger partial charge in [-0.1, -0.05) is 46.3 Å². The minimum atomic E-state index is -0.601. The number of hydrogen-bond acceptors (Lipinski definition) is 5. The molecule has 32 heavy (non-hydrogen) atoms. The van der Waals surface area contributed by atoms with E-state index in [1.165, 1.54) is 19.4 Å². The summed E-state index contributed by atoms with van der Waals surface area (Å²) < 4.78 is 5.89. The Balaban J connectivity index is 1.80. The highest BCUT2D eigenvalue weighted by Crippen LogP contribution is 2.25. The number of amides is 2. The van der Waals surface area contributed by atoms with Crippen LogP contribution in [0.15, 0.2) is 88.1 Å². The number of nitrogens with zero attached hydrogens (tertiary/aromatic N) is 1. The van der Waals surface area contributed by atoms with Gasteiger partial charge in [0.15, 0.2) is 11.5 Å². The zero-order chi connectivity index (χ0) is 22.9. The van der Waals surface area contributed by atoms with E-state index < -0.39 is 11.8 Å². The second-order valence-corrected chi connectivity index (χ2v) is 7.48. The lowest BCUT2D eigenvalue weighted by Gasteiger charge is -2.09. The van der Waals surface area contributed by atoms with Gasteiger partial charge in [-0.2, -0.15) is 5.10 Å². The van der Waals surface area contributed by atoms with Crippen LogP contribution in [0.4, 0.5) is 0 Å². The van der Waals surface area contributed by atoms with Gasteiger partial charge in [0.05, 0.1) is 13.3 Å². The van der Waals surface area contributed by atoms with Crippen LogP contribution in [0.1, 0.15) is 21.5 Å². The number of phenolic OH excluding ortho intramolecular Hbond substituents is 1. The number of ether oxygens (including phenoxy) is 1. The zero-order valence-corrected chi connectivity index (χ0v) is 18.7. The topological polar surface area (TPSA) is 100 Å². The summed E-state index contributed by atoms with van der Waals surface area (Å²) in [5.74, 6) is -0.743. The molecule has 0 spiro atoms. The van der Waals surface area contributed by atoms with Gasteiger partial charge in [-0.3, -0.25) is 9.59 Å². The highest BCUT2D eigenvalue weighted by molar-refractivity contribution is 9.10. The van der Waals surface area contributed by atoms with E-state index in [0.717, 1.165) is 4.47 Å². The van der Waals surface area contributed by atoms with Crippen LogP contribution in [0.5, 0.6) is 11.5 Å². The molecule has 0 aliphatic carbocycles. The van der Waals surface area contributed by atoms with Crippen molar-refractivity contribution in [1.82, 2.24) is 10.7 Å². The highest BCUT2D eigenvalue weighted by Gasteiger charge is 2.14. The Morgan fingerprint density at radius 2 is 1.78 bits per heavy atom. The Labute approximate surface area is 193 Å². The maximum Gasteiger partial charge on any atom is 0.287 e. The Kier molecular flexibility index (Phi) is 7.77. The second kappa shape index (κ2) is 10.9. The van der Waals surface area contributed by atoms with Crippen LogP contribution in [0.2, 0.25) is 0 Å².